The first-order chi connectivity index (χ1) is 6.77. The van der Waals surface area contributed by atoms with Gasteiger partial charge >= 0.3 is 0 Å². The monoisotopic (exact) mass is 191 g/mol. The van der Waals surface area contributed by atoms with Crippen molar-refractivity contribution in [3.63, 3.8) is 0 Å². The highest BCUT2D eigenvalue weighted by atomic mass is 16.5. The highest BCUT2D eigenvalue weighted by Gasteiger charge is 1.95. The van der Waals surface area contributed by atoms with Crippen LogP contribution in [0.1, 0.15) is 19.4 Å². The van der Waals surface area contributed by atoms with Gasteiger partial charge < -0.3 is 10.5 Å². The molecule has 0 heterocycles. The first-order valence-corrected chi connectivity index (χ1v) is 4.88. The Hall–Kier alpha value is -1.28. The standard InChI is InChI=1S/C12H17NO/c1-3-14-12-6-4-11(5-7-12)10(2)8-9-13/h4-8H,3,9,13H2,1-2H3. The van der Waals surface area contributed by atoms with E-state index in [9.17, 15) is 0 Å². The molecule has 0 saturated heterocycles. The van der Waals surface area contributed by atoms with Crippen LogP contribution in [0.5, 0.6) is 5.75 Å². The van der Waals surface area contributed by atoms with Gasteiger partial charge in [-0.15, -0.1) is 0 Å². The van der Waals surface area contributed by atoms with E-state index in [0.717, 1.165) is 5.75 Å². The molecule has 0 spiro atoms. The van der Waals surface area contributed by atoms with Crippen LogP contribution >= 0.6 is 0 Å². The second kappa shape index (κ2) is 5.45. The lowest BCUT2D eigenvalue weighted by atomic mass is 10.1. The molecule has 2 nitrogen and oxygen atoms in total. The Morgan fingerprint density at radius 3 is 2.50 bits per heavy atom. The Kier molecular flexibility index (Phi) is 4.20. The Balaban J connectivity index is 2.77. The van der Waals surface area contributed by atoms with Crippen LogP contribution in [0.4, 0.5) is 0 Å². The lowest BCUT2D eigenvalue weighted by Gasteiger charge is -2.05. The van der Waals surface area contributed by atoms with Gasteiger partial charge in [0.2, 0.25) is 0 Å². The largest absolute Gasteiger partial charge is 0.494 e. The molecule has 0 aliphatic carbocycles. The van der Waals surface area contributed by atoms with E-state index >= 15 is 0 Å². The van der Waals surface area contributed by atoms with Crippen LogP contribution in [0.3, 0.4) is 0 Å². The van der Waals surface area contributed by atoms with Gasteiger partial charge in [-0.3, -0.25) is 0 Å². The fourth-order valence-electron chi connectivity index (χ4n) is 1.28. The Labute approximate surface area is 85.4 Å². The third-order valence-corrected chi connectivity index (χ3v) is 2.04. The number of benzene rings is 1. The third-order valence-electron chi connectivity index (χ3n) is 2.04. The highest BCUT2D eigenvalue weighted by Crippen LogP contribution is 2.17. The summed E-state index contributed by atoms with van der Waals surface area (Å²) in [5.74, 6) is 0.914. The molecule has 1 rings (SSSR count). The zero-order valence-corrected chi connectivity index (χ0v) is 8.79. The summed E-state index contributed by atoms with van der Waals surface area (Å²) >= 11 is 0. The van der Waals surface area contributed by atoms with Crippen LogP contribution in [0.25, 0.3) is 5.57 Å². The van der Waals surface area contributed by atoms with Crippen molar-refractivity contribution in [2.24, 2.45) is 5.73 Å². The number of ether oxygens (including phenoxy) is 1. The number of hydrogen-bond acceptors (Lipinski definition) is 2. The molecule has 0 saturated carbocycles. The lowest BCUT2D eigenvalue weighted by Crippen LogP contribution is -1.95. The van der Waals surface area contributed by atoms with Gasteiger partial charge in [-0.1, -0.05) is 18.2 Å². The second-order valence-electron chi connectivity index (χ2n) is 3.08. The van der Waals surface area contributed by atoms with Crippen molar-refractivity contribution in [1.29, 1.82) is 0 Å². The van der Waals surface area contributed by atoms with Crippen molar-refractivity contribution in [3.8, 4) is 5.75 Å². The number of allylic oxidation sites excluding steroid dienone is 1. The van der Waals surface area contributed by atoms with Crippen LogP contribution in [-0.2, 0) is 0 Å². The van der Waals surface area contributed by atoms with Gasteiger partial charge in [0.15, 0.2) is 0 Å². The molecule has 0 bridgehead atoms. The average Bonchev–Trinajstić information content (AvgIpc) is 2.20. The van der Waals surface area contributed by atoms with Gasteiger partial charge in [0, 0.05) is 6.54 Å². The summed E-state index contributed by atoms with van der Waals surface area (Å²) in [5.41, 5.74) is 7.84. The van der Waals surface area contributed by atoms with Gasteiger partial charge in [-0.05, 0) is 37.1 Å². The number of hydrogen-bond donors (Lipinski definition) is 1. The van der Waals surface area contributed by atoms with Crippen molar-refractivity contribution < 1.29 is 4.74 Å². The van der Waals surface area contributed by atoms with Crippen LogP contribution in [0, 0.1) is 0 Å². The third kappa shape index (κ3) is 2.89. The molecule has 0 aliphatic rings. The molecule has 14 heavy (non-hydrogen) atoms. The molecule has 0 aliphatic heterocycles. The van der Waals surface area contributed by atoms with Crippen molar-refractivity contribution in [2.75, 3.05) is 13.2 Å². The maximum absolute atomic E-state index is 5.44. The summed E-state index contributed by atoms with van der Waals surface area (Å²) < 4.78 is 5.36. The topological polar surface area (TPSA) is 35.2 Å². The van der Waals surface area contributed by atoms with Gasteiger partial charge in [0.05, 0.1) is 6.61 Å². The van der Waals surface area contributed by atoms with Gasteiger partial charge in [0.1, 0.15) is 5.75 Å². The molecule has 0 unspecified atom stereocenters. The SMILES string of the molecule is CCOc1ccc(C(C)=CCN)cc1. The Morgan fingerprint density at radius 2 is 2.00 bits per heavy atom. The Morgan fingerprint density at radius 1 is 1.36 bits per heavy atom. The van der Waals surface area contributed by atoms with E-state index in [1.807, 2.05) is 37.3 Å². The maximum atomic E-state index is 5.44. The van der Waals surface area contributed by atoms with Crippen molar-refractivity contribution >= 4 is 5.57 Å². The normalized spacial score (nSPS) is 11.5. The quantitative estimate of drug-likeness (QED) is 0.793. The molecule has 0 aromatic heterocycles. The molecule has 76 valence electrons. The van der Waals surface area contributed by atoms with Gasteiger partial charge in [0.25, 0.3) is 0 Å². The molecule has 0 atom stereocenters. The van der Waals surface area contributed by atoms with Crippen LogP contribution in [0.15, 0.2) is 30.3 Å². The van der Waals surface area contributed by atoms with Crippen molar-refractivity contribution in [2.45, 2.75) is 13.8 Å². The van der Waals surface area contributed by atoms with E-state index in [4.69, 9.17) is 10.5 Å². The Bertz CT molecular complexity index is 301. The minimum absolute atomic E-state index is 0.582. The van der Waals surface area contributed by atoms with Crippen LogP contribution < -0.4 is 10.5 Å². The van der Waals surface area contributed by atoms with E-state index in [1.165, 1.54) is 11.1 Å². The minimum Gasteiger partial charge on any atom is -0.494 e. The molecule has 0 amide bonds. The van der Waals surface area contributed by atoms with Gasteiger partial charge in [-0.2, -0.15) is 0 Å². The minimum atomic E-state index is 0.582. The molecule has 0 radical (unpaired) electrons. The van der Waals surface area contributed by atoms with E-state index in [0.29, 0.717) is 13.2 Å². The first kappa shape index (κ1) is 10.8. The molecule has 1 aromatic carbocycles. The van der Waals surface area contributed by atoms with E-state index in [2.05, 4.69) is 6.92 Å². The lowest BCUT2D eigenvalue weighted by molar-refractivity contribution is 0.340. The number of nitrogens with two attached hydrogens (primary N) is 1. The summed E-state index contributed by atoms with van der Waals surface area (Å²) in [4.78, 5) is 0. The molecular formula is C12H17NO. The van der Waals surface area contributed by atoms with E-state index in [1.54, 1.807) is 0 Å². The molecule has 0 fully saturated rings. The predicted molar refractivity (Wildman–Crippen MR) is 60.3 cm³/mol. The fraction of sp³-hybridized carbons (Fsp3) is 0.333. The molecular weight excluding hydrogens is 174 g/mol. The molecule has 2 N–H and O–H groups in total. The highest BCUT2D eigenvalue weighted by molar-refractivity contribution is 5.64. The second-order valence-corrected chi connectivity index (χ2v) is 3.08. The summed E-state index contributed by atoms with van der Waals surface area (Å²) in [6.45, 7) is 5.33. The first-order valence-electron chi connectivity index (χ1n) is 4.88. The summed E-state index contributed by atoms with van der Waals surface area (Å²) in [6, 6.07) is 8.05. The zero-order chi connectivity index (χ0) is 10.4. The predicted octanol–water partition coefficient (Wildman–Crippen LogP) is 2.45. The van der Waals surface area contributed by atoms with Crippen molar-refractivity contribution in [3.05, 3.63) is 35.9 Å². The van der Waals surface area contributed by atoms with Gasteiger partial charge in [-0.25, -0.2) is 0 Å². The average molecular weight is 191 g/mol. The summed E-state index contributed by atoms with van der Waals surface area (Å²) in [5, 5.41) is 0. The van der Waals surface area contributed by atoms with E-state index < -0.39 is 0 Å². The maximum Gasteiger partial charge on any atom is 0.119 e. The van der Waals surface area contributed by atoms with E-state index in [-0.39, 0.29) is 0 Å². The number of rotatable bonds is 4. The fourth-order valence-corrected chi connectivity index (χ4v) is 1.28. The summed E-state index contributed by atoms with van der Waals surface area (Å²) in [7, 11) is 0. The van der Waals surface area contributed by atoms with Crippen molar-refractivity contribution in [1.82, 2.24) is 0 Å². The van der Waals surface area contributed by atoms with Crippen LogP contribution in [0.2, 0.25) is 0 Å². The zero-order valence-electron chi connectivity index (χ0n) is 8.79. The smallest absolute Gasteiger partial charge is 0.119 e. The molecule has 2 heteroatoms. The van der Waals surface area contributed by atoms with Crippen LogP contribution in [-0.4, -0.2) is 13.2 Å². The summed E-state index contributed by atoms with van der Waals surface area (Å²) in [6.07, 6.45) is 2.01. The molecule has 1 aromatic rings.